The monoisotopic (exact) mass is 438 g/mol. The molecule has 0 saturated heterocycles. The number of benzene rings is 3. The molecule has 7 heteroatoms. The number of nitrogens with one attached hydrogen (secondary N) is 3. The topological polar surface area (TPSA) is 105 Å². The van der Waals surface area contributed by atoms with Crippen molar-refractivity contribution in [1.82, 2.24) is 9.97 Å². The number of nitrogen functional groups attached to an aromatic ring is 1. The number of para-hydroxylation sites is 2. The van der Waals surface area contributed by atoms with Crippen LogP contribution in [0.5, 0.6) is 0 Å². The first kappa shape index (κ1) is 21.8. The van der Waals surface area contributed by atoms with E-state index in [1.54, 1.807) is 30.5 Å². The molecule has 5 N–H and O–H groups in total. The number of carbonyl (C=O) groups excluding carboxylic acids is 1. The van der Waals surface area contributed by atoms with E-state index >= 15 is 0 Å². The molecule has 0 spiro atoms. The molecule has 0 radical (unpaired) electrons. The first-order valence-corrected chi connectivity index (χ1v) is 10.6. The first-order valence-electron chi connectivity index (χ1n) is 10.6. The van der Waals surface area contributed by atoms with Crippen molar-refractivity contribution in [2.45, 2.75) is 20.4 Å². The number of anilines is 5. The van der Waals surface area contributed by atoms with Crippen LogP contribution in [-0.2, 0) is 6.54 Å². The number of nitrogens with two attached hydrogens (primary N) is 1. The molecule has 0 saturated carbocycles. The molecule has 166 valence electrons. The molecule has 4 aromatic rings. The van der Waals surface area contributed by atoms with E-state index in [2.05, 4.69) is 51.9 Å². The van der Waals surface area contributed by atoms with Crippen molar-refractivity contribution in [3.63, 3.8) is 0 Å². The quantitative estimate of drug-likeness (QED) is 0.293. The van der Waals surface area contributed by atoms with Gasteiger partial charge in [0, 0.05) is 24.0 Å². The van der Waals surface area contributed by atoms with Crippen LogP contribution in [-0.4, -0.2) is 15.9 Å². The maximum Gasteiger partial charge on any atom is 0.255 e. The van der Waals surface area contributed by atoms with Crippen LogP contribution in [0.25, 0.3) is 0 Å². The molecule has 0 fully saturated rings. The summed E-state index contributed by atoms with van der Waals surface area (Å²) >= 11 is 0. The highest BCUT2D eigenvalue weighted by molar-refractivity contribution is 6.05. The number of aryl methyl sites for hydroxylation is 2. The zero-order valence-corrected chi connectivity index (χ0v) is 18.6. The highest BCUT2D eigenvalue weighted by Crippen LogP contribution is 2.20. The minimum absolute atomic E-state index is 0.208. The van der Waals surface area contributed by atoms with E-state index in [4.69, 9.17) is 5.73 Å². The van der Waals surface area contributed by atoms with Crippen LogP contribution in [0.2, 0.25) is 0 Å². The van der Waals surface area contributed by atoms with E-state index in [9.17, 15) is 4.79 Å². The van der Waals surface area contributed by atoms with Gasteiger partial charge in [-0.1, -0.05) is 30.3 Å². The molecular weight excluding hydrogens is 412 g/mol. The zero-order chi connectivity index (χ0) is 23.2. The summed E-state index contributed by atoms with van der Waals surface area (Å²) in [4.78, 5) is 21.3. The Kier molecular flexibility index (Phi) is 6.50. The van der Waals surface area contributed by atoms with Gasteiger partial charge in [0.1, 0.15) is 5.82 Å². The Morgan fingerprint density at radius 1 is 0.939 bits per heavy atom. The fraction of sp³-hybridized carbons (Fsp3) is 0.115. The van der Waals surface area contributed by atoms with Crippen LogP contribution in [0.15, 0.2) is 79.0 Å². The van der Waals surface area contributed by atoms with Gasteiger partial charge in [0.2, 0.25) is 5.95 Å². The van der Waals surface area contributed by atoms with Gasteiger partial charge in [-0.3, -0.25) is 4.79 Å². The molecule has 0 bridgehead atoms. The lowest BCUT2D eigenvalue weighted by atomic mass is 10.1. The fourth-order valence-corrected chi connectivity index (χ4v) is 3.24. The Morgan fingerprint density at radius 3 is 2.48 bits per heavy atom. The third-order valence-corrected chi connectivity index (χ3v) is 5.31. The number of amides is 1. The largest absolute Gasteiger partial charge is 0.397 e. The van der Waals surface area contributed by atoms with Gasteiger partial charge in [-0.2, -0.15) is 4.98 Å². The number of rotatable bonds is 7. The van der Waals surface area contributed by atoms with E-state index in [0.717, 1.165) is 11.3 Å². The highest BCUT2D eigenvalue weighted by atomic mass is 16.1. The molecule has 1 amide bonds. The Labute approximate surface area is 193 Å². The fourth-order valence-electron chi connectivity index (χ4n) is 3.24. The van der Waals surface area contributed by atoms with Crippen molar-refractivity contribution >= 4 is 34.7 Å². The van der Waals surface area contributed by atoms with Crippen molar-refractivity contribution in [3.8, 4) is 0 Å². The van der Waals surface area contributed by atoms with Gasteiger partial charge in [0.15, 0.2) is 0 Å². The van der Waals surface area contributed by atoms with Gasteiger partial charge in [-0.15, -0.1) is 0 Å². The summed E-state index contributed by atoms with van der Waals surface area (Å²) in [6.45, 7) is 4.70. The standard InChI is InChI=1S/C26H26N6O/c1-17-7-12-21(15-18(17)2)30-24-13-14-28-26(32-24)29-16-19-8-10-20(11-9-19)25(33)31-23-6-4-3-5-22(23)27/h3-15H,16,27H2,1-2H3,(H,31,33)(H2,28,29,30,32). The van der Waals surface area contributed by atoms with Crippen molar-refractivity contribution < 1.29 is 4.79 Å². The molecule has 0 atom stereocenters. The van der Waals surface area contributed by atoms with Crippen molar-refractivity contribution in [2.24, 2.45) is 0 Å². The molecule has 0 aliphatic carbocycles. The molecule has 0 unspecified atom stereocenters. The minimum atomic E-state index is -0.208. The number of nitrogens with zero attached hydrogens (tertiary/aromatic N) is 2. The molecular formula is C26H26N6O. The predicted octanol–water partition coefficient (Wildman–Crippen LogP) is 5.28. The lowest BCUT2D eigenvalue weighted by Gasteiger charge is -2.10. The maximum absolute atomic E-state index is 12.5. The second-order valence-corrected chi connectivity index (χ2v) is 7.78. The van der Waals surface area contributed by atoms with E-state index in [1.807, 2.05) is 36.4 Å². The average Bonchev–Trinajstić information content (AvgIpc) is 2.82. The molecule has 33 heavy (non-hydrogen) atoms. The van der Waals surface area contributed by atoms with Crippen LogP contribution in [0.4, 0.5) is 28.8 Å². The summed E-state index contributed by atoms with van der Waals surface area (Å²) < 4.78 is 0. The van der Waals surface area contributed by atoms with Crippen molar-refractivity contribution in [3.05, 3.63) is 101 Å². The van der Waals surface area contributed by atoms with Crippen molar-refractivity contribution in [2.75, 3.05) is 21.7 Å². The van der Waals surface area contributed by atoms with Gasteiger partial charge in [-0.05, 0) is 73.0 Å². The van der Waals surface area contributed by atoms with E-state index in [1.165, 1.54) is 11.1 Å². The third kappa shape index (κ3) is 5.65. The molecule has 1 aromatic heterocycles. The number of carbonyl (C=O) groups is 1. The summed E-state index contributed by atoms with van der Waals surface area (Å²) in [6.07, 6.45) is 1.71. The number of hydrogen-bond donors (Lipinski definition) is 4. The van der Waals surface area contributed by atoms with Gasteiger partial charge < -0.3 is 21.7 Å². The van der Waals surface area contributed by atoms with E-state index in [0.29, 0.717) is 35.2 Å². The molecule has 3 aromatic carbocycles. The van der Waals surface area contributed by atoms with Gasteiger partial charge >= 0.3 is 0 Å². The summed E-state index contributed by atoms with van der Waals surface area (Å²) in [5.74, 6) is 1.02. The lowest BCUT2D eigenvalue weighted by Crippen LogP contribution is -2.13. The van der Waals surface area contributed by atoms with Crippen LogP contribution >= 0.6 is 0 Å². The lowest BCUT2D eigenvalue weighted by molar-refractivity contribution is 0.102. The third-order valence-electron chi connectivity index (χ3n) is 5.31. The van der Waals surface area contributed by atoms with Crippen molar-refractivity contribution in [1.29, 1.82) is 0 Å². The Bertz CT molecular complexity index is 1270. The Morgan fingerprint density at radius 2 is 1.73 bits per heavy atom. The highest BCUT2D eigenvalue weighted by Gasteiger charge is 2.08. The SMILES string of the molecule is Cc1ccc(Nc2ccnc(NCc3ccc(C(=O)Nc4ccccc4N)cc3)n2)cc1C. The molecule has 0 aliphatic rings. The number of aromatic nitrogens is 2. The van der Waals surface area contributed by atoms with E-state index in [-0.39, 0.29) is 5.91 Å². The average molecular weight is 439 g/mol. The van der Waals surface area contributed by atoms with Crippen LogP contribution in [0, 0.1) is 13.8 Å². The molecule has 7 nitrogen and oxygen atoms in total. The summed E-state index contributed by atoms with van der Waals surface area (Å²) in [5.41, 5.74) is 12.0. The van der Waals surface area contributed by atoms with Gasteiger partial charge in [0.05, 0.1) is 11.4 Å². The van der Waals surface area contributed by atoms with Crippen LogP contribution < -0.4 is 21.7 Å². The number of hydrogen-bond acceptors (Lipinski definition) is 6. The van der Waals surface area contributed by atoms with Crippen LogP contribution in [0.3, 0.4) is 0 Å². The summed E-state index contributed by atoms with van der Waals surface area (Å²) in [7, 11) is 0. The molecule has 0 aliphatic heterocycles. The van der Waals surface area contributed by atoms with Gasteiger partial charge in [0.25, 0.3) is 5.91 Å². The first-order chi connectivity index (χ1) is 16.0. The summed E-state index contributed by atoms with van der Waals surface area (Å²) in [5, 5.41) is 9.36. The van der Waals surface area contributed by atoms with Crippen LogP contribution in [0.1, 0.15) is 27.0 Å². The maximum atomic E-state index is 12.5. The normalized spacial score (nSPS) is 10.5. The Hall–Kier alpha value is -4.39. The molecule has 4 rings (SSSR count). The minimum Gasteiger partial charge on any atom is -0.397 e. The second-order valence-electron chi connectivity index (χ2n) is 7.78. The molecule has 1 heterocycles. The smallest absolute Gasteiger partial charge is 0.255 e. The Balaban J connectivity index is 1.35. The predicted molar refractivity (Wildman–Crippen MR) is 134 cm³/mol. The van der Waals surface area contributed by atoms with E-state index < -0.39 is 0 Å². The zero-order valence-electron chi connectivity index (χ0n) is 18.6. The van der Waals surface area contributed by atoms with Gasteiger partial charge in [-0.25, -0.2) is 4.98 Å². The second kappa shape index (κ2) is 9.82. The summed E-state index contributed by atoms with van der Waals surface area (Å²) in [6, 6.07) is 22.6.